The van der Waals surface area contributed by atoms with Gasteiger partial charge in [-0.3, -0.25) is 0 Å². The summed E-state index contributed by atoms with van der Waals surface area (Å²) in [6, 6.07) is 17.4. The van der Waals surface area contributed by atoms with E-state index >= 15 is 0 Å². The third kappa shape index (κ3) is 4.31. The fraction of sp³-hybridized carbons (Fsp3) is 0.455. The quantitative estimate of drug-likeness (QED) is 0.757. The monoisotopic (exact) mass is 386 g/mol. The zero-order valence-corrected chi connectivity index (χ0v) is 16.4. The summed E-state index contributed by atoms with van der Waals surface area (Å²) in [6.07, 6.45) is -1.46. The minimum Gasteiger partial charge on any atom is -0.497 e. The van der Waals surface area contributed by atoms with E-state index in [0.29, 0.717) is 19.0 Å². The molecule has 2 heterocycles. The molecule has 0 N–H and O–H groups in total. The van der Waals surface area contributed by atoms with Crippen LogP contribution in [0.2, 0.25) is 0 Å². The Bertz CT molecular complexity index is 760. The molecule has 0 aliphatic carbocycles. The zero-order valence-electron chi connectivity index (χ0n) is 16.4. The lowest BCUT2D eigenvalue weighted by Crippen LogP contribution is -2.54. The molecule has 0 radical (unpaired) electrons. The molecule has 2 saturated heterocycles. The molecule has 2 fully saturated rings. The Balaban J connectivity index is 1.43. The highest BCUT2D eigenvalue weighted by atomic mass is 16.8. The van der Waals surface area contributed by atoms with Gasteiger partial charge in [0.2, 0.25) is 6.29 Å². The van der Waals surface area contributed by atoms with Crippen LogP contribution < -0.4 is 9.47 Å². The van der Waals surface area contributed by atoms with Gasteiger partial charge in [0, 0.05) is 0 Å². The van der Waals surface area contributed by atoms with Crippen molar-refractivity contribution in [3.63, 3.8) is 0 Å². The highest BCUT2D eigenvalue weighted by Crippen LogP contribution is 2.37. The molecule has 6 heteroatoms. The molecule has 2 aliphatic heterocycles. The van der Waals surface area contributed by atoms with Gasteiger partial charge in [0.05, 0.1) is 20.3 Å². The second kappa shape index (κ2) is 8.09. The van der Waals surface area contributed by atoms with Gasteiger partial charge >= 0.3 is 0 Å². The van der Waals surface area contributed by atoms with Gasteiger partial charge in [0.25, 0.3) is 0 Å². The molecule has 0 saturated carbocycles. The summed E-state index contributed by atoms with van der Waals surface area (Å²) in [6.45, 7) is 4.65. The first kappa shape index (κ1) is 19.2. The molecule has 0 unspecified atom stereocenters. The normalized spacial score (nSPS) is 28.5. The van der Waals surface area contributed by atoms with E-state index in [4.69, 9.17) is 28.4 Å². The van der Waals surface area contributed by atoms with Crippen molar-refractivity contribution in [3.05, 3.63) is 60.2 Å². The van der Waals surface area contributed by atoms with Crippen LogP contribution >= 0.6 is 0 Å². The van der Waals surface area contributed by atoms with E-state index in [1.807, 2.05) is 68.4 Å². The van der Waals surface area contributed by atoms with Crippen molar-refractivity contribution in [1.29, 1.82) is 0 Å². The molecule has 28 heavy (non-hydrogen) atoms. The summed E-state index contributed by atoms with van der Waals surface area (Å²) in [5.74, 6) is 0.728. The topological polar surface area (TPSA) is 55.4 Å². The van der Waals surface area contributed by atoms with E-state index < -0.39 is 12.1 Å². The van der Waals surface area contributed by atoms with Gasteiger partial charge < -0.3 is 28.4 Å². The van der Waals surface area contributed by atoms with Crippen LogP contribution in [-0.4, -0.2) is 44.1 Å². The van der Waals surface area contributed by atoms with Gasteiger partial charge in [0.15, 0.2) is 11.9 Å². The standard InChI is InChI=1S/C22H26O6/c1-22(2)27-19-18(24-13-15-7-5-4-6-8-15)14-25-21(20(19)28-22)26-17-11-9-16(23-3)10-12-17/h4-12,18-21H,13-14H2,1-3H3/t18-,19+,20+,21-/m1/s1. The van der Waals surface area contributed by atoms with Gasteiger partial charge in [-0.2, -0.15) is 0 Å². The highest BCUT2D eigenvalue weighted by Gasteiger charge is 2.53. The van der Waals surface area contributed by atoms with Crippen LogP contribution in [0.4, 0.5) is 0 Å². The van der Waals surface area contributed by atoms with Gasteiger partial charge in [-0.25, -0.2) is 0 Å². The first-order valence-corrected chi connectivity index (χ1v) is 9.47. The molecular weight excluding hydrogens is 360 g/mol. The van der Waals surface area contributed by atoms with Gasteiger partial charge in [-0.1, -0.05) is 30.3 Å². The third-order valence-electron chi connectivity index (χ3n) is 4.84. The zero-order chi connectivity index (χ0) is 19.6. The minimum absolute atomic E-state index is 0.234. The van der Waals surface area contributed by atoms with E-state index in [1.165, 1.54) is 0 Å². The second-order valence-corrected chi connectivity index (χ2v) is 7.39. The average molecular weight is 386 g/mol. The highest BCUT2D eigenvalue weighted by molar-refractivity contribution is 5.31. The number of methoxy groups -OCH3 is 1. The second-order valence-electron chi connectivity index (χ2n) is 7.39. The Morgan fingerprint density at radius 3 is 2.32 bits per heavy atom. The van der Waals surface area contributed by atoms with Crippen molar-refractivity contribution in [1.82, 2.24) is 0 Å². The molecule has 0 amide bonds. The molecule has 2 aromatic carbocycles. The Labute approximate surface area is 165 Å². The number of hydrogen-bond donors (Lipinski definition) is 0. The van der Waals surface area contributed by atoms with Gasteiger partial charge in [0.1, 0.15) is 23.7 Å². The summed E-state index contributed by atoms with van der Waals surface area (Å²) in [7, 11) is 1.63. The fourth-order valence-corrected chi connectivity index (χ4v) is 3.50. The molecule has 2 aromatic rings. The molecule has 6 nitrogen and oxygen atoms in total. The number of fused-ring (bicyclic) bond motifs is 1. The van der Waals surface area contributed by atoms with E-state index in [9.17, 15) is 0 Å². The summed E-state index contributed by atoms with van der Waals surface area (Å²) >= 11 is 0. The number of ether oxygens (including phenoxy) is 6. The largest absolute Gasteiger partial charge is 0.497 e. The van der Waals surface area contributed by atoms with E-state index in [0.717, 1.165) is 11.3 Å². The van der Waals surface area contributed by atoms with Crippen molar-refractivity contribution in [3.8, 4) is 11.5 Å². The van der Waals surface area contributed by atoms with Crippen molar-refractivity contribution >= 4 is 0 Å². The Hall–Kier alpha value is -2.12. The van der Waals surface area contributed by atoms with E-state index in [1.54, 1.807) is 7.11 Å². The molecule has 4 atom stereocenters. The van der Waals surface area contributed by atoms with E-state index in [-0.39, 0.29) is 18.3 Å². The molecule has 150 valence electrons. The Morgan fingerprint density at radius 1 is 0.929 bits per heavy atom. The van der Waals surface area contributed by atoms with Crippen molar-refractivity contribution in [2.45, 2.75) is 50.8 Å². The Kier molecular flexibility index (Phi) is 5.55. The van der Waals surface area contributed by atoms with E-state index in [2.05, 4.69) is 0 Å². The predicted octanol–water partition coefficient (Wildman–Crippen LogP) is 3.54. The maximum absolute atomic E-state index is 6.13. The fourth-order valence-electron chi connectivity index (χ4n) is 3.50. The molecule has 2 aliphatic rings. The molecule has 0 spiro atoms. The maximum Gasteiger partial charge on any atom is 0.229 e. The molecule has 4 rings (SSSR count). The summed E-state index contributed by atoms with van der Waals surface area (Å²) < 4.78 is 35.5. The first-order chi connectivity index (χ1) is 13.5. The van der Waals surface area contributed by atoms with Crippen LogP contribution in [0.1, 0.15) is 19.4 Å². The average Bonchev–Trinajstić information content (AvgIpc) is 3.04. The van der Waals surface area contributed by atoms with Crippen molar-refractivity contribution in [2.24, 2.45) is 0 Å². The van der Waals surface area contributed by atoms with Crippen LogP contribution in [0.25, 0.3) is 0 Å². The number of hydrogen-bond acceptors (Lipinski definition) is 6. The summed E-state index contributed by atoms with van der Waals surface area (Å²) in [5.41, 5.74) is 1.11. The molecule has 0 bridgehead atoms. The van der Waals surface area contributed by atoms with Crippen LogP contribution in [0.5, 0.6) is 11.5 Å². The lowest BCUT2D eigenvalue weighted by molar-refractivity contribution is -0.223. The predicted molar refractivity (Wildman–Crippen MR) is 102 cm³/mol. The smallest absolute Gasteiger partial charge is 0.229 e. The SMILES string of the molecule is COc1ccc(O[C@H]2OC[C@@H](OCc3ccccc3)[C@@H]3OC(C)(C)O[C@H]23)cc1. The van der Waals surface area contributed by atoms with Gasteiger partial charge in [-0.05, 0) is 43.7 Å². The molecular formula is C22H26O6. The van der Waals surface area contributed by atoms with Crippen LogP contribution in [0, 0.1) is 0 Å². The lowest BCUT2D eigenvalue weighted by atomic mass is 10.1. The first-order valence-electron chi connectivity index (χ1n) is 9.47. The van der Waals surface area contributed by atoms with Crippen LogP contribution in [0.3, 0.4) is 0 Å². The summed E-state index contributed by atoms with van der Waals surface area (Å²) in [5, 5.41) is 0. The number of rotatable bonds is 6. The van der Waals surface area contributed by atoms with Crippen molar-refractivity contribution < 1.29 is 28.4 Å². The van der Waals surface area contributed by atoms with Crippen molar-refractivity contribution in [2.75, 3.05) is 13.7 Å². The summed E-state index contributed by atoms with van der Waals surface area (Å²) in [4.78, 5) is 0. The lowest BCUT2D eigenvalue weighted by Gasteiger charge is -2.36. The van der Waals surface area contributed by atoms with Gasteiger partial charge in [-0.15, -0.1) is 0 Å². The molecule has 0 aromatic heterocycles. The third-order valence-corrected chi connectivity index (χ3v) is 4.84. The number of benzene rings is 2. The van der Waals surface area contributed by atoms with Crippen LogP contribution in [0.15, 0.2) is 54.6 Å². The maximum atomic E-state index is 6.13. The van der Waals surface area contributed by atoms with Crippen LogP contribution in [-0.2, 0) is 25.6 Å². The minimum atomic E-state index is -0.723. The Morgan fingerprint density at radius 2 is 1.61 bits per heavy atom.